The topological polar surface area (TPSA) is 63.6 Å². The summed E-state index contributed by atoms with van der Waals surface area (Å²) in [6.45, 7) is 10.0. The first-order chi connectivity index (χ1) is 12.8. The van der Waals surface area contributed by atoms with Crippen LogP contribution >= 0.6 is 15.9 Å². The van der Waals surface area contributed by atoms with E-state index in [0.29, 0.717) is 12.2 Å². The van der Waals surface area contributed by atoms with E-state index < -0.39 is 5.97 Å². The van der Waals surface area contributed by atoms with E-state index in [1.807, 2.05) is 48.5 Å². The number of aliphatic carboxylic acids is 1. The van der Waals surface area contributed by atoms with Crippen LogP contribution in [0.25, 0.3) is 0 Å². The zero-order valence-electron chi connectivity index (χ0n) is 15.7. The number of carboxylic acid groups (broad SMARTS) is 1. The molecule has 0 atom stereocenters. The van der Waals surface area contributed by atoms with E-state index in [9.17, 15) is 9.59 Å². The van der Waals surface area contributed by atoms with Gasteiger partial charge in [-0.3, -0.25) is 0 Å². The second kappa shape index (κ2) is 14.5. The molecule has 0 amide bonds. The Kier molecular flexibility index (Phi) is 13.1. The Balaban J connectivity index is 0.000000413. The number of hydrogen-bond acceptors (Lipinski definition) is 3. The van der Waals surface area contributed by atoms with Gasteiger partial charge in [0.25, 0.3) is 0 Å². The van der Waals surface area contributed by atoms with Crippen molar-refractivity contribution in [1.82, 2.24) is 0 Å². The maximum atomic E-state index is 11.0. The molecule has 144 valence electrons. The lowest BCUT2D eigenvalue weighted by Gasteiger charge is -2.03. The van der Waals surface area contributed by atoms with E-state index in [4.69, 9.17) is 9.84 Å². The normalized spacial score (nSPS) is 8.85. The second-order valence-electron chi connectivity index (χ2n) is 5.55. The Morgan fingerprint density at radius 2 is 1.30 bits per heavy atom. The van der Waals surface area contributed by atoms with Crippen molar-refractivity contribution in [3.05, 3.63) is 96.1 Å². The van der Waals surface area contributed by atoms with Gasteiger partial charge in [0.15, 0.2) is 0 Å². The molecule has 2 aromatic carbocycles. The van der Waals surface area contributed by atoms with Crippen LogP contribution in [0.15, 0.2) is 85.0 Å². The molecule has 0 unspecified atom stereocenters. The largest absolute Gasteiger partial charge is 0.478 e. The van der Waals surface area contributed by atoms with Gasteiger partial charge in [0.05, 0.1) is 0 Å². The molecule has 2 aromatic rings. The number of carbonyl (C=O) groups is 2. The molecular weight excluding hydrogens is 410 g/mol. The van der Waals surface area contributed by atoms with E-state index in [1.165, 1.54) is 12.5 Å². The predicted octanol–water partition coefficient (Wildman–Crippen LogP) is 5.53. The fourth-order valence-corrected chi connectivity index (χ4v) is 1.79. The summed E-state index contributed by atoms with van der Waals surface area (Å²) in [6, 6.07) is 19.8. The van der Waals surface area contributed by atoms with Gasteiger partial charge >= 0.3 is 11.9 Å². The number of halogens is 1. The first kappa shape index (κ1) is 24.3. The third kappa shape index (κ3) is 13.2. The Labute approximate surface area is 169 Å². The minimum Gasteiger partial charge on any atom is -0.478 e. The van der Waals surface area contributed by atoms with Crippen molar-refractivity contribution in [3.63, 3.8) is 0 Å². The SMILES string of the molecule is BrCc1ccccc1.C=C(C)[13C](=O)O.C=C(C)[13C](=O)OCc1ccccc1. The molecule has 0 aliphatic rings. The summed E-state index contributed by atoms with van der Waals surface area (Å²) < 4.78 is 4.95. The minimum atomic E-state index is -0.935. The van der Waals surface area contributed by atoms with Crippen molar-refractivity contribution in [2.75, 3.05) is 0 Å². The average molecular weight is 435 g/mol. The van der Waals surface area contributed by atoms with Crippen LogP contribution in [0.2, 0.25) is 0 Å². The zero-order chi connectivity index (χ0) is 20.7. The standard InChI is InChI=1S/C11H12O2.C7H7Br.C4H6O2/c1-9(2)11(12)13-8-10-6-4-3-5-7-10;8-6-7-4-2-1-3-5-7;1-3(2)4(5)6/h3-7H,1,8H2,2H3;1-5H,6H2;1H2,2H3,(H,5,6)/i11+1;;4+1. The van der Waals surface area contributed by atoms with Gasteiger partial charge in [0.1, 0.15) is 6.61 Å². The molecule has 0 radical (unpaired) electrons. The summed E-state index contributed by atoms with van der Waals surface area (Å²) in [5.74, 6) is -1.28. The smallest absolute Gasteiger partial charge is 0.333 e. The van der Waals surface area contributed by atoms with E-state index in [0.717, 1.165) is 10.9 Å². The Bertz CT molecular complexity index is 712. The highest BCUT2D eigenvalue weighted by Crippen LogP contribution is 2.03. The first-order valence-electron chi connectivity index (χ1n) is 8.13. The number of hydrogen-bond donors (Lipinski definition) is 1. The molecule has 0 aliphatic heterocycles. The minimum absolute atomic E-state index is 0.176. The van der Waals surface area contributed by atoms with Crippen LogP contribution in [-0.2, 0) is 26.3 Å². The number of esters is 1. The first-order valence-corrected chi connectivity index (χ1v) is 9.25. The van der Waals surface area contributed by atoms with Crippen LogP contribution in [0.5, 0.6) is 0 Å². The predicted molar refractivity (Wildman–Crippen MR) is 113 cm³/mol. The van der Waals surface area contributed by atoms with Gasteiger partial charge in [0, 0.05) is 16.5 Å². The van der Waals surface area contributed by atoms with Gasteiger partial charge in [-0.2, -0.15) is 0 Å². The summed E-state index contributed by atoms with van der Waals surface area (Å²) in [5.41, 5.74) is 2.91. The van der Waals surface area contributed by atoms with Gasteiger partial charge in [-0.15, -0.1) is 0 Å². The van der Waals surface area contributed by atoms with Crippen LogP contribution in [0.1, 0.15) is 25.0 Å². The molecule has 0 saturated heterocycles. The van der Waals surface area contributed by atoms with Gasteiger partial charge < -0.3 is 9.84 Å². The number of ether oxygens (including phenoxy) is 1. The molecule has 4 nitrogen and oxygen atoms in total. The molecule has 0 aliphatic carbocycles. The molecule has 0 spiro atoms. The molecule has 0 fully saturated rings. The van der Waals surface area contributed by atoms with Crippen molar-refractivity contribution < 1.29 is 19.4 Å². The van der Waals surface area contributed by atoms with Gasteiger partial charge in [-0.25, -0.2) is 9.59 Å². The number of rotatable bonds is 5. The van der Waals surface area contributed by atoms with Crippen LogP contribution in [0.3, 0.4) is 0 Å². The molecule has 5 heteroatoms. The monoisotopic (exact) mass is 434 g/mol. The molecule has 27 heavy (non-hydrogen) atoms. The number of carboxylic acids is 1. The number of benzene rings is 2. The van der Waals surface area contributed by atoms with Crippen molar-refractivity contribution in [3.8, 4) is 0 Å². The van der Waals surface area contributed by atoms with Crippen LogP contribution < -0.4 is 0 Å². The Hall–Kier alpha value is -2.66. The highest BCUT2D eigenvalue weighted by atomic mass is 79.9. The van der Waals surface area contributed by atoms with Gasteiger partial charge in [-0.05, 0) is 25.0 Å². The molecule has 0 bridgehead atoms. The van der Waals surface area contributed by atoms with Crippen LogP contribution in [-0.4, -0.2) is 17.0 Å². The maximum absolute atomic E-state index is 11.0. The summed E-state index contributed by atoms with van der Waals surface area (Å²) in [6.07, 6.45) is 0. The second-order valence-corrected chi connectivity index (χ2v) is 6.11. The van der Waals surface area contributed by atoms with Crippen LogP contribution in [0, 0.1) is 0 Å². The van der Waals surface area contributed by atoms with Crippen molar-refractivity contribution >= 4 is 27.9 Å². The Morgan fingerprint density at radius 3 is 1.59 bits per heavy atom. The third-order valence-electron chi connectivity index (χ3n) is 2.92. The summed E-state index contributed by atoms with van der Waals surface area (Å²) >= 11 is 3.36. The molecule has 0 saturated carbocycles. The fourth-order valence-electron chi connectivity index (χ4n) is 1.41. The molecule has 0 aromatic heterocycles. The molecular formula is C22H25BrO4. The van der Waals surface area contributed by atoms with Crippen molar-refractivity contribution in [2.24, 2.45) is 0 Å². The van der Waals surface area contributed by atoms with E-state index in [-0.39, 0.29) is 11.5 Å². The third-order valence-corrected chi connectivity index (χ3v) is 3.57. The highest BCUT2D eigenvalue weighted by Gasteiger charge is 2.02. The average Bonchev–Trinajstić information content (AvgIpc) is 2.68. The van der Waals surface area contributed by atoms with Crippen molar-refractivity contribution in [1.29, 1.82) is 0 Å². The maximum Gasteiger partial charge on any atom is 0.333 e. The van der Waals surface area contributed by atoms with E-state index in [1.54, 1.807) is 6.92 Å². The lowest BCUT2D eigenvalue weighted by molar-refractivity contribution is -0.140. The van der Waals surface area contributed by atoms with Crippen LogP contribution in [0.4, 0.5) is 0 Å². The number of alkyl halides is 1. The summed E-state index contributed by atoms with van der Waals surface area (Å²) in [7, 11) is 0. The van der Waals surface area contributed by atoms with Gasteiger partial charge in [0.2, 0.25) is 0 Å². The molecule has 0 heterocycles. The van der Waals surface area contributed by atoms with Crippen molar-refractivity contribution in [2.45, 2.75) is 25.8 Å². The molecule has 1 N–H and O–H groups in total. The quantitative estimate of drug-likeness (QED) is 0.290. The lowest BCUT2D eigenvalue weighted by atomic mass is 10.2. The summed E-state index contributed by atoms with van der Waals surface area (Å²) in [5, 5.41) is 8.84. The van der Waals surface area contributed by atoms with E-state index >= 15 is 0 Å². The van der Waals surface area contributed by atoms with E-state index in [2.05, 4.69) is 41.2 Å². The summed E-state index contributed by atoms with van der Waals surface area (Å²) in [4.78, 5) is 20.6. The zero-order valence-corrected chi connectivity index (χ0v) is 17.2. The molecule has 2 rings (SSSR count). The van der Waals surface area contributed by atoms with Gasteiger partial charge in [-0.1, -0.05) is 89.8 Å². The number of carbonyl (C=O) groups excluding carboxylic acids is 1. The highest BCUT2D eigenvalue weighted by molar-refractivity contribution is 9.08. The lowest BCUT2D eigenvalue weighted by Crippen LogP contribution is -2.04. The fraction of sp³-hybridized carbons (Fsp3) is 0.182. The Morgan fingerprint density at radius 1 is 0.889 bits per heavy atom.